The summed E-state index contributed by atoms with van der Waals surface area (Å²) in [6.45, 7) is 0.630. The number of benzene rings is 2. The fourth-order valence-electron chi connectivity index (χ4n) is 2.68. The number of nitrogens with zero attached hydrogens (tertiary/aromatic N) is 3. The van der Waals surface area contributed by atoms with E-state index < -0.39 is 0 Å². The first-order valence-electron chi connectivity index (χ1n) is 7.80. The van der Waals surface area contributed by atoms with Crippen LogP contribution in [0.25, 0.3) is 16.9 Å². The quantitative estimate of drug-likeness (QED) is 0.573. The second-order valence-corrected chi connectivity index (χ2v) is 6.08. The summed E-state index contributed by atoms with van der Waals surface area (Å²) < 4.78 is 1.98. The van der Waals surface area contributed by atoms with Crippen LogP contribution in [-0.2, 0) is 6.54 Å². The fraction of sp³-hybridized carbons (Fsp3) is 0.0526. The lowest BCUT2D eigenvalue weighted by Crippen LogP contribution is -2.03. The lowest BCUT2D eigenvalue weighted by atomic mass is 10.1. The molecule has 2 aromatic heterocycles. The summed E-state index contributed by atoms with van der Waals surface area (Å²) in [5.74, 6) is 0.951. The van der Waals surface area contributed by atoms with Gasteiger partial charge in [0.05, 0.1) is 11.9 Å². The van der Waals surface area contributed by atoms with Crippen LogP contribution in [0.3, 0.4) is 0 Å². The maximum atomic E-state index is 9.46. The number of aromatic hydroxyl groups is 1. The Morgan fingerprint density at radius 3 is 2.52 bits per heavy atom. The normalized spacial score (nSPS) is 10.9. The molecule has 6 heteroatoms. The number of imidazole rings is 1. The summed E-state index contributed by atoms with van der Waals surface area (Å²) in [4.78, 5) is 8.90. The summed E-state index contributed by atoms with van der Waals surface area (Å²) in [5.41, 5.74) is 3.77. The van der Waals surface area contributed by atoms with Gasteiger partial charge in [0.1, 0.15) is 5.75 Å². The Morgan fingerprint density at radius 1 is 1.00 bits per heavy atom. The number of nitrogens with one attached hydrogen (secondary N) is 1. The maximum Gasteiger partial charge on any atom is 0.180 e. The van der Waals surface area contributed by atoms with Gasteiger partial charge in [-0.2, -0.15) is 0 Å². The third-order valence-corrected chi connectivity index (χ3v) is 4.22. The molecule has 0 spiro atoms. The van der Waals surface area contributed by atoms with Crippen LogP contribution in [0, 0.1) is 0 Å². The first-order valence-corrected chi connectivity index (χ1v) is 8.18. The monoisotopic (exact) mass is 350 g/mol. The van der Waals surface area contributed by atoms with Crippen LogP contribution in [0.4, 0.5) is 5.82 Å². The van der Waals surface area contributed by atoms with Crippen molar-refractivity contribution >= 4 is 23.1 Å². The van der Waals surface area contributed by atoms with Gasteiger partial charge in [0.25, 0.3) is 0 Å². The average Bonchev–Trinajstić information content (AvgIpc) is 3.07. The van der Waals surface area contributed by atoms with Crippen molar-refractivity contribution in [2.75, 3.05) is 5.32 Å². The van der Waals surface area contributed by atoms with Gasteiger partial charge in [-0.15, -0.1) is 0 Å². The zero-order chi connectivity index (χ0) is 17.2. The number of hydrogen-bond acceptors (Lipinski definition) is 4. The van der Waals surface area contributed by atoms with Crippen molar-refractivity contribution in [3.63, 3.8) is 0 Å². The Bertz CT molecular complexity index is 1010. The molecule has 0 fully saturated rings. The Kier molecular flexibility index (Phi) is 3.99. The second-order valence-electron chi connectivity index (χ2n) is 5.64. The predicted octanol–water partition coefficient (Wildman–Crippen LogP) is 4.37. The highest BCUT2D eigenvalue weighted by molar-refractivity contribution is 6.30. The number of rotatable bonds is 4. The van der Waals surface area contributed by atoms with Crippen LogP contribution in [0.2, 0.25) is 5.02 Å². The third-order valence-electron chi connectivity index (χ3n) is 3.96. The standard InChI is InChI=1S/C19H15ClN4O/c20-15-5-1-13(2-6-15)11-22-18-19-23-12-17(24(19)10-9-21-18)14-3-7-16(25)8-4-14/h1-10,12,25H,11H2,(H,21,22). The molecule has 0 saturated carbocycles. The van der Waals surface area contributed by atoms with Gasteiger partial charge in [-0.3, -0.25) is 4.40 Å². The Hall–Kier alpha value is -3.05. The molecule has 5 nitrogen and oxygen atoms in total. The third kappa shape index (κ3) is 3.14. The van der Waals surface area contributed by atoms with Crippen LogP contribution < -0.4 is 5.32 Å². The van der Waals surface area contributed by atoms with E-state index in [1.165, 1.54) is 0 Å². The van der Waals surface area contributed by atoms with Gasteiger partial charge in [-0.25, -0.2) is 9.97 Å². The van der Waals surface area contributed by atoms with Crippen molar-refractivity contribution in [2.45, 2.75) is 6.54 Å². The van der Waals surface area contributed by atoms with Crippen LogP contribution in [0.1, 0.15) is 5.56 Å². The zero-order valence-electron chi connectivity index (χ0n) is 13.2. The molecule has 0 aliphatic heterocycles. The average molecular weight is 351 g/mol. The predicted molar refractivity (Wildman–Crippen MR) is 98.9 cm³/mol. The van der Waals surface area contributed by atoms with E-state index in [4.69, 9.17) is 11.6 Å². The van der Waals surface area contributed by atoms with Gasteiger partial charge in [0.2, 0.25) is 0 Å². The van der Waals surface area contributed by atoms with Crippen LogP contribution in [0.5, 0.6) is 5.75 Å². The summed E-state index contributed by atoms with van der Waals surface area (Å²) in [6, 6.07) is 14.7. The molecular formula is C19H15ClN4O. The van der Waals surface area contributed by atoms with Crippen molar-refractivity contribution in [1.82, 2.24) is 14.4 Å². The van der Waals surface area contributed by atoms with Gasteiger partial charge in [0.15, 0.2) is 11.5 Å². The second kappa shape index (κ2) is 6.45. The number of phenols is 1. The zero-order valence-corrected chi connectivity index (χ0v) is 14.0. The van der Waals surface area contributed by atoms with Crippen molar-refractivity contribution in [3.05, 3.63) is 77.7 Å². The van der Waals surface area contributed by atoms with Crippen molar-refractivity contribution in [1.29, 1.82) is 0 Å². The highest BCUT2D eigenvalue weighted by Crippen LogP contribution is 2.25. The fourth-order valence-corrected chi connectivity index (χ4v) is 2.80. The molecule has 0 radical (unpaired) electrons. The van der Waals surface area contributed by atoms with Gasteiger partial charge >= 0.3 is 0 Å². The van der Waals surface area contributed by atoms with Gasteiger partial charge in [-0.05, 0) is 42.0 Å². The van der Waals surface area contributed by atoms with E-state index in [0.717, 1.165) is 27.5 Å². The summed E-state index contributed by atoms with van der Waals surface area (Å²) in [7, 11) is 0. The molecule has 2 N–H and O–H groups in total. The number of anilines is 1. The minimum atomic E-state index is 0.240. The highest BCUT2D eigenvalue weighted by Gasteiger charge is 2.10. The number of phenolic OH excluding ortho intramolecular Hbond substituents is 1. The van der Waals surface area contributed by atoms with E-state index in [-0.39, 0.29) is 5.75 Å². The van der Waals surface area contributed by atoms with Gasteiger partial charge < -0.3 is 10.4 Å². The summed E-state index contributed by atoms with van der Waals surface area (Å²) in [6.07, 6.45) is 5.41. The molecule has 2 heterocycles. The van der Waals surface area contributed by atoms with E-state index in [2.05, 4.69) is 15.3 Å². The van der Waals surface area contributed by atoms with Crippen molar-refractivity contribution in [3.8, 4) is 17.0 Å². The molecule has 0 atom stereocenters. The number of fused-ring (bicyclic) bond motifs is 1. The van der Waals surface area contributed by atoms with Gasteiger partial charge in [-0.1, -0.05) is 23.7 Å². The molecule has 124 valence electrons. The highest BCUT2D eigenvalue weighted by atomic mass is 35.5. The van der Waals surface area contributed by atoms with E-state index in [9.17, 15) is 5.11 Å². The molecule has 4 rings (SSSR count). The maximum absolute atomic E-state index is 9.46. The smallest absolute Gasteiger partial charge is 0.180 e. The van der Waals surface area contributed by atoms with E-state index >= 15 is 0 Å². The van der Waals surface area contributed by atoms with Crippen LogP contribution in [-0.4, -0.2) is 19.5 Å². The molecule has 0 saturated heterocycles. The SMILES string of the molecule is Oc1ccc(-c2cnc3c(NCc4ccc(Cl)cc4)nccn23)cc1. The first-order chi connectivity index (χ1) is 12.2. The minimum absolute atomic E-state index is 0.240. The van der Waals surface area contributed by atoms with E-state index in [1.54, 1.807) is 24.5 Å². The van der Waals surface area contributed by atoms with E-state index in [1.807, 2.05) is 47.0 Å². The lowest BCUT2D eigenvalue weighted by Gasteiger charge is -2.08. The number of halogens is 1. The molecule has 0 unspecified atom stereocenters. The van der Waals surface area contributed by atoms with Crippen LogP contribution in [0.15, 0.2) is 67.1 Å². The molecule has 0 bridgehead atoms. The molecule has 25 heavy (non-hydrogen) atoms. The Balaban J connectivity index is 1.64. The van der Waals surface area contributed by atoms with Crippen molar-refractivity contribution < 1.29 is 5.11 Å². The molecule has 2 aromatic carbocycles. The molecule has 0 amide bonds. The molecule has 4 aromatic rings. The number of aromatic nitrogens is 3. The van der Waals surface area contributed by atoms with Crippen molar-refractivity contribution in [2.24, 2.45) is 0 Å². The largest absolute Gasteiger partial charge is 0.508 e. The molecular weight excluding hydrogens is 336 g/mol. The minimum Gasteiger partial charge on any atom is -0.508 e. The Labute approximate surface area is 149 Å². The summed E-state index contributed by atoms with van der Waals surface area (Å²) in [5, 5.41) is 13.5. The topological polar surface area (TPSA) is 62.5 Å². The molecule has 0 aliphatic carbocycles. The number of hydrogen-bond donors (Lipinski definition) is 2. The Morgan fingerprint density at radius 2 is 1.76 bits per heavy atom. The van der Waals surface area contributed by atoms with Crippen LogP contribution >= 0.6 is 11.6 Å². The lowest BCUT2D eigenvalue weighted by molar-refractivity contribution is 0.475. The molecule has 0 aliphatic rings. The summed E-state index contributed by atoms with van der Waals surface area (Å²) >= 11 is 5.92. The first kappa shape index (κ1) is 15.5. The van der Waals surface area contributed by atoms with E-state index in [0.29, 0.717) is 12.4 Å². The van der Waals surface area contributed by atoms with Gasteiger partial charge in [0, 0.05) is 29.5 Å².